The Bertz CT molecular complexity index is 295. The van der Waals surface area contributed by atoms with Gasteiger partial charge in [0.15, 0.2) is 0 Å². The minimum atomic E-state index is -0.630. The highest BCUT2D eigenvalue weighted by Gasteiger charge is 2.18. The van der Waals surface area contributed by atoms with Gasteiger partial charge in [0.25, 0.3) is 0 Å². The molecule has 2 N–H and O–H groups in total. The van der Waals surface area contributed by atoms with Gasteiger partial charge in [-0.2, -0.15) is 0 Å². The molecule has 3 nitrogen and oxygen atoms in total. The van der Waals surface area contributed by atoms with Crippen LogP contribution in [0.25, 0.3) is 0 Å². The van der Waals surface area contributed by atoms with E-state index in [0.29, 0.717) is 0 Å². The van der Waals surface area contributed by atoms with E-state index in [0.717, 1.165) is 17.7 Å². The molecular weight excluding hydrogens is 192 g/mol. The molecule has 1 aromatic carbocycles. The van der Waals surface area contributed by atoms with Gasteiger partial charge in [-0.15, -0.1) is 0 Å². The van der Waals surface area contributed by atoms with E-state index in [-0.39, 0.29) is 12.5 Å². The van der Waals surface area contributed by atoms with Gasteiger partial charge in [0.05, 0.1) is 13.2 Å². The van der Waals surface area contributed by atoms with Crippen molar-refractivity contribution in [1.82, 2.24) is 0 Å². The van der Waals surface area contributed by atoms with Crippen molar-refractivity contribution in [3.8, 4) is 5.75 Å². The highest BCUT2D eigenvalue weighted by Crippen LogP contribution is 2.26. The molecule has 84 valence electrons. The average molecular weight is 210 g/mol. The third-order valence-electron chi connectivity index (χ3n) is 2.64. The predicted molar refractivity (Wildman–Crippen MR) is 58.8 cm³/mol. The first-order chi connectivity index (χ1) is 7.22. The maximum atomic E-state index is 9.98. The number of benzene rings is 1. The van der Waals surface area contributed by atoms with Crippen molar-refractivity contribution in [2.24, 2.45) is 5.92 Å². The smallest absolute Gasteiger partial charge is 0.119 e. The number of rotatable bonds is 5. The van der Waals surface area contributed by atoms with Crippen LogP contribution in [-0.4, -0.2) is 23.9 Å². The first kappa shape index (κ1) is 12.0. The van der Waals surface area contributed by atoms with E-state index in [2.05, 4.69) is 0 Å². The lowest BCUT2D eigenvalue weighted by molar-refractivity contribution is 0.0645. The van der Waals surface area contributed by atoms with Crippen molar-refractivity contribution >= 4 is 0 Å². The van der Waals surface area contributed by atoms with Crippen LogP contribution in [0.3, 0.4) is 0 Å². The number of aliphatic hydroxyl groups excluding tert-OH is 2. The molecule has 0 radical (unpaired) electrons. The molecule has 0 aliphatic heterocycles. The zero-order valence-corrected chi connectivity index (χ0v) is 9.18. The molecule has 0 aliphatic rings. The molecule has 2 atom stereocenters. The molecule has 1 aromatic rings. The summed E-state index contributed by atoms with van der Waals surface area (Å²) < 4.78 is 5.08. The van der Waals surface area contributed by atoms with Crippen molar-refractivity contribution in [3.63, 3.8) is 0 Å². The fourth-order valence-corrected chi connectivity index (χ4v) is 1.55. The summed E-state index contributed by atoms with van der Waals surface area (Å²) in [4.78, 5) is 0. The molecule has 0 bridgehead atoms. The summed E-state index contributed by atoms with van der Waals surface area (Å²) in [6.07, 6.45) is 0.115. The summed E-state index contributed by atoms with van der Waals surface area (Å²) in [5.41, 5.74) is 0.787. The molecule has 0 aromatic heterocycles. The van der Waals surface area contributed by atoms with Gasteiger partial charge < -0.3 is 14.9 Å². The summed E-state index contributed by atoms with van der Waals surface area (Å²) in [5.74, 6) is 0.608. The second kappa shape index (κ2) is 5.73. The third kappa shape index (κ3) is 2.94. The Labute approximate surface area is 90.3 Å². The van der Waals surface area contributed by atoms with Crippen LogP contribution in [0.2, 0.25) is 0 Å². The number of hydrogen-bond acceptors (Lipinski definition) is 3. The Morgan fingerprint density at radius 3 is 2.67 bits per heavy atom. The van der Waals surface area contributed by atoms with E-state index in [1.165, 1.54) is 0 Å². The molecule has 0 amide bonds. The second-order valence-electron chi connectivity index (χ2n) is 3.57. The Balaban J connectivity index is 2.84. The van der Waals surface area contributed by atoms with E-state index < -0.39 is 6.10 Å². The van der Waals surface area contributed by atoms with E-state index >= 15 is 0 Å². The summed E-state index contributed by atoms with van der Waals surface area (Å²) in [5, 5.41) is 19.1. The summed E-state index contributed by atoms with van der Waals surface area (Å²) in [6, 6.07) is 7.30. The van der Waals surface area contributed by atoms with Crippen molar-refractivity contribution in [1.29, 1.82) is 0 Å². The monoisotopic (exact) mass is 210 g/mol. The largest absolute Gasteiger partial charge is 0.497 e. The molecule has 0 fully saturated rings. The number of hydrogen-bond donors (Lipinski definition) is 2. The average Bonchev–Trinajstić information content (AvgIpc) is 2.30. The van der Waals surface area contributed by atoms with E-state index in [4.69, 9.17) is 9.84 Å². The Kier molecular flexibility index (Phi) is 4.59. The summed E-state index contributed by atoms with van der Waals surface area (Å²) in [6.45, 7) is 1.94. The first-order valence-electron chi connectivity index (χ1n) is 5.15. The molecule has 3 heteroatoms. The van der Waals surface area contributed by atoms with E-state index in [1.807, 2.05) is 25.1 Å². The number of methoxy groups -OCH3 is 1. The minimum Gasteiger partial charge on any atom is -0.497 e. The molecule has 15 heavy (non-hydrogen) atoms. The SMILES string of the molecule is CC[C@H](CO)[C@@H](O)c1cccc(OC)c1. The van der Waals surface area contributed by atoms with E-state index in [9.17, 15) is 5.11 Å². The number of aliphatic hydroxyl groups is 2. The third-order valence-corrected chi connectivity index (χ3v) is 2.64. The lowest BCUT2D eigenvalue weighted by Gasteiger charge is -2.19. The van der Waals surface area contributed by atoms with Gasteiger partial charge >= 0.3 is 0 Å². The lowest BCUT2D eigenvalue weighted by atomic mass is 9.94. The minimum absolute atomic E-state index is 0.00508. The number of ether oxygens (including phenoxy) is 1. The van der Waals surface area contributed by atoms with Crippen molar-refractivity contribution in [3.05, 3.63) is 29.8 Å². The summed E-state index contributed by atoms with van der Waals surface area (Å²) in [7, 11) is 1.59. The zero-order valence-electron chi connectivity index (χ0n) is 9.18. The highest BCUT2D eigenvalue weighted by atomic mass is 16.5. The fraction of sp³-hybridized carbons (Fsp3) is 0.500. The van der Waals surface area contributed by atoms with Gasteiger partial charge in [0, 0.05) is 12.5 Å². The normalized spacial score (nSPS) is 14.7. The maximum absolute atomic E-state index is 9.98. The molecule has 0 heterocycles. The van der Waals surface area contributed by atoms with Gasteiger partial charge in [0.1, 0.15) is 5.75 Å². The van der Waals surface area contributed by atoms with E-state index in [1.54, 1.807) is 13.2 Å². The molecule has 1 rings (SSSR count). The van der Waals surface area contributed by atoms with Crippen LogP contribution >= 0.6 is 0 Å². The predicted octanol–water partition coefficient (Wildman–Crippen LogP) is 1.75. The quantitative estimate of drug-likeness (QED) is 0.778. The second-order valence-corrected chi connectivity index (χ2v) is 3.57. The van der Waals surface area contributed by atoms with Crippen LogP contribution in [-0.2, 0) is 0 Å². The van der Waals surface area contributed by atoms with Crippen molar-refractivity contribution in [2.75, 3.05) is 13.7 Å². The Hall–Kier alpha value is -1.06. The Morgan fingerprint density at radius 1 is 1.40 bits per heavy atom. The van der Waals surface area contributed by atoms with Crippen LogP contribution < -0.4 is 4.74 Å². The fourth-order valence-electron chi connectivity index (χ4n) is 1.55. The topological polar surface area (TPSA) is 49.7 Å². The lowest BCUT2D eigenvalue weighted by Crippen LogP contribution is -2.15. The van der Waals surface area contributed by atoms with Gasteiger partial charge in [-0.3, -0.25) is 0 Å². The maximum Gasteiger partial charge on any atom is 0.119 e. The molecule has 0 aliphatic carbocycles. The van der Waals surface area contributed by atoms with Crippen molar-refractivity contribution < 1.29 is 14.9 Å². The van der Waals surface area contributed by atoms with Gasteiger partial charge in [-0.05, 0) is 24.1 Å². The highest BCUT2D eigenvalue weighted by molar-refractivity contribution is 5.30. The van der Waals surface area contributed by atoms with Crippen LogP contribution in [0.1, 0.15) is 25.0 Å². The van der Waals surface area contributed by atoms with Gasteiger partial charge in [0.2, 0.25) is 0 Å². The van der Waals surface area contributed by atoms with Gasteiger partial charge in [-0.25, -0.2) is 0 Å². The summed E-state index contributed by atoms with van der Waals surface area (Å²) >= 11 is 0. The molecule has 0 spiro atoms. The molecule has 0 saturated heterocycles. The van der Waals surface area contributed by atoms with Crippen molar-refractivity contribution in [2.45, 2.75) is 19.4 Å². The Morgan fingerprint density at radius 2 is 2.13 bits per heavy atom. The first-order valence-corrected chi connectivity index (χ1v) is 5.15. The van der Waals surface area contributed by atoms with Crippen LogP contribution in [0.15, 0.2) is 24.3 Å². The van der Waals surface area contributed by atoms with Crippen LogP contribution in [0, 0.1) is 5.92 Å². The standard InChI is InChI=1S/C12H18O3/c1-3-9(8-13)12(14)10-5-4-6-11(7-10)15-2/h4-7,9,12-14H,3,8H2,1-2H3/t9-,12-/m1/s1. The van der Waals surface area contributed by atoms with Crippen LogP contribution in [0.5, 0.6) is 5.75 Å². The van der Waals surface area contributed by atoms with Crippen LogP contribution in [0.4, 0.5) is 0 Å². The molecule has 0 saturated carbocycles. The molecular formula is C12H18O3. The molecule has 0 unspecified atom stereocenters. The van der Waals surface area contributed by atoms with Gasteiger partial charge in [-0.1, -0.05) is 19.1 Å². The zero-order chi connectivity index (χ0) is 11.3.